The molecule has 0 saturated carbocycles. The Morgan fingerprint density at radius 2 is 1.75 bits per heavy atom. The second-order valence-corrected chi connectivity index (χ2v) is 4.53. The van der Waals surface area contributed by atoms with Crippen molar-refractivity contribution < 1.29 is 27.1 Å². The van der Waals surface area contributed by atoms with Crippen LogP contribution in [-0.4, -0.2) is 42.4 Å². The van der Waals surface area contributed by atoms with Gasteiger partial charge < -0.3 is 10.4 Å². The molecule has 1 aliphatic rings. The Morgan fingerprint density at radius 3 is 2.30 bits per heavy atom. The van der Waals surface area contributed by atoms with Gasteiger partial charge in [-0.15, -0.1) is 0 Å². The van der Waals surface area contributed by atoms with Crippen molar-refractivity contribution in [2.24, 2.45) is 0 Å². The summed E-state index contributed by atoms with van der Waals surface area (Å²) in [5.74, 6) is -4.33. The summed E-state index contributed by atoms with van der Waals surface area (Å²) < 4.78 is 65.8. The normalized spacial score (nSPS) is 19.1. The summed E-state index contributed by atoms with van der Waals surface area (Å²) in [4.78, 5) is 1.09. The van der Waals surface area contributed by atoms with E-state index in [0.717, 1.165) is 11.0 Å². The second kappa shape index (κ2) is 5.53. The van der Waals surface area contributed by atoms with Crippen molar-refractivity contribution in [1.29, 1.82) is 0 Å². The number of nitrogens with one attached hydrogen (secondary N) is 1. The Balaban J connectivity index is 2.44. The molecule has 0 aliphatic carbocycles. The summed E-state index contributed by atoms with van der Waals surface area (Å²) in [6.45, 7) is 0.916. The van der Waals surface area contributed by atoms with Crippen LogP contribution >= 0.6 is 0 Å². The summed E-state index contributed by atoms with van der Waals surface area (Å²) in [5.41, 5.74) is -0.668. The number of aromatic hydroxyl groups is 1. The lowest BCUT2D eigenvalue weighted by atomic mass is 10.0. The average molecular weight is 296 g/mol. The maximum Gasteiger partial charge on any atom is 0.408 e. The lowest BCUT2D eigenvalue weighted by Gasteiger charge is -2.36. The lowest BCUT2D eigenvalue weighted by Crippen LogP contribution is -2.49. The van der Waals surface area contributed by atoms with E-state index in [-0.39, 0.29) is 13.1 Å². The van der Waals surface area contributed by atoms with Gasteiger partial charge in [0.2, 0.25) is 5.82 Å². The van der Waals surface area contributed by atoms with Gasteiger partial charge in [0.1, 0.15) is 6.04 Å². The van der Waals surface area contributed by atoms with Crippen molar-refractivity contribution in [2.75, 3.05) is 26.2 Å². The molecule has 1 atom stereocenters. The van der Waals surface area contributed by atoms with Gasteiger partial charge in [0, 0.05) is 31.7 Å². The molecule has 112 valence electrons. The summed E-state index contributed by atoms with van der Waals surface area (Å²) in [7, 11) is 0. The molecule has 1 aromatic carbocycles. The van der Waals surface area contributed by atoms with E-state index in [0.29, 0.717) is 19.2 Å². The molecule has 20 heavy (non-hydrogen) atoms. The molecule has 0 bridgehead atoms. The van der Waals surface area contributed by atoms with Crippen LogP contribution in [0.5, 0.6) is 5.75 Å². The third kappa shape index (κ3) is 2.85. The number of phenols is 1. The number of piperazine rings is 1. The summed E-state index contributed by atoms with van der Waals surface area (Å²) >= 11 is 0. The smallest absolute Gasteiger partial charge is 0.408 e. The summed E-state index contributed by atoms with van der Waals surface area (Å²) in [5, 5.41) is 12.4. The predicted octanol–water partition coefficient (Wildman–Crippen LogP) is 2.18. The van der Waals surface area contributed by atoms with Crippen LogP contribution in [-0.2, 0) is 0 Å². The Hall–Kier alpha value is -1.41. The molecule has 1 aromatic rings. The fourth-order valence-corrected chi connectivity index (χ4v) is 2.30. The Kier molecular flexibility index (Phi) is 4.14. The van der Waals surface area contributed by atoms with E-state index >= 15 is 0 Å². The quantitative estimate of drug-likeness (QED) is 0.821. The number of nitrogens with zero attached hydrogens (tertiary/aromatic N) is 1. The first-order chi connectivity index (χ1) is 9.32. The maximum atomic E-state index is 13.3. The van der Waals surface area contributed by atoms with Crippen molar-refractivity contribution in [2.45, 2.75) is 12.2 Å². The van der Waals surface area contributed by atoms with Crippen LogP contribution in [0.15, 0.2) is 12.1 Å². The number of benzene rings is 1. The molecule has 0 amide bonds. The zero-order valence-corrected chi connectivity index (χ0v) is 10.3. The topological polar surface area (TPSA) is 35.5 Å². The van der Waals surface area contributed by atoms with Crippen LogP contribution in [0.3, 0.4) is 0 Å². The summed E-state index contributed by atoms with van der Waals surface area (Å²) in [6.07, 6.45) is -4.70. The molecule has 0 radical (unpaired) electrons. The van der Waals surface area contributed by atoms with Gasteiger partial charge in [-0.05, 0) is 6.07 Å². The zero-order valence-electron chi connectivity index (χ0n) is 10.3. The zero-order chi connectivity index (χ0) is 14.9. The second-order valence-electron chi connectivity index (χ2n) is 4.53. The monoisotopic (exact) mass is 296 g/mol. The average Bonchev–Trinajstić information content (AvgIpc) is 2.39. The van der Waals surface area contributed by atoms with Crippen molar-refractivity contribution in [3.63, 3.8) is 0 Å². The van der Waals surface area contributed by atoms with Gasteiger partial charge in [0.25, 0.3) is 0 Å². The van der Waals surface area contributed by atoms with Crippen LogP contribution in [0, 0.1) is 11.6 Å². The van der Waals surface area contributed by atoms with Crippen molar-refractivity contribution in [1.82, 2.24) is 10.2 Å². The molecule has 1 fully saturated rings. The van der Waals surface area contributed by atoms with E-state index in [9.17, 15) is 27.1 Å². The van der Waals surface area contributed by atoms with E-state index in [1.807, 2.05) is 0 Å². The van der Waals surface area contributed by atoms with E-state index in [4.69, 9.17) is 0 Å². The predicted molar refractivity (Wildman–Crippen MR) is 61.3 cm³/mol. The fraction of sp³-hybridized carbons (Fsp3) is 0.500. The van der Waals surface area contributed by atoms with Crippen LogP contribution in [0.2, 0.25) is 0 Å². The molecule has 2 rings (SSSR count). The highest BCUT2D eigenvalue weighted by molar-refractivity contribution is 5.37. The van der Waals surface area contributed by atoms with Crippen LogP contribution in [0.4, 0.5) is 22.0 Å². The van der Waals surface area contributed by atoms with E-state index in [1.54, 1.807) is 0 Å². The van der Waals surface area contributed by atoms with Gasteiger partial charge in [-0.3, -0.25) is 4.90 Å². The van der Waals surface area contributed by atoms with Crippen LogP contribution < -0.4 is 5.32 Å². The van der Waals surface area contributed by atoms with Gasteiger partial charge in [-0.1, -0.05) is 6.07 Å². The highest BCUT2D eigenvalue weighted by atomic mass is 19.4. The molecule has 0 aromatic heterocycles. The van der Waals surface area contributed by atoms with Crippen LogP contribution in [0.25, 0.3) is 0 Å². The van der Waals surface area contributed by atoms with Crippen LogP contribution in [0.1, 0.15) is 11.6 Å². The SMILES string of the molecule is Oc1c([C@H](N2CCNCC2)C(F)(F)F)ccc(F)c1F. The minimum Gasteiger partial charge on any atom is -0.505 e. The minimum atomic E-state index is -4.70. The first kappa shape index (κ1) is 15.0. The first-order valence-corrected chi connectivity index (χ1v) is 6.00. The molecule has 1 heterocycles. The third-order valence-electron chi connectivity index (χ3n) is 3.22. The van der Waals surface area contributed by atoms with E-state index < -0.39 is 35.2 Å². The molecule has 0 spiro atoms. The minimum absolute atomic E-state index is 0.0998. The number of alkyl halides is 3. The molecule has 3 nitrogen and oxygen atoms in total. The Labute approximate surface area is 112 Å². The first-order valence-electron chi connectivity index (χ1n) is 6.00. The van der Waals surface area contributed by atoms with E-state index in [2.05, 4.69) is 5.32 Å². The van der Waals surface area contributed by atoms with Gasteiger partial charge >= 0.3 is 6.18 Å². The van der Waals surface area contributed by atoms with Crippen molar-refractivity contribution in [3.8, 4) is 5.75 Å². The number of rotatable bonds is 2. The van der Waals surface area contributed by atoms with Crippen molar-refractivity contribution >= 4 is 0 Å². The molecule has 1 aliphatic heterocycles. The number of hydrogen-bond donors (Lipinski definition) is 2. The number of halogens is 5. The van der Waals surface area contributed by atoms with Crippen molar-refractivity contribution in [3.05, 3.63) is 29.3 Å². The molecule has 8 heteroatoms. The fourth-order valence-electron chi connectivity index (χ4n) is 2.30. The Bertz CT molecular complexity index is 485. The molecular weight excluding hydrogens is 283 g/mol. The molecular formula is C12H13F5N2O. The van der Waals surface area contributed by atoms with Gasteiger partial charge in [0.15, 0.2) is 11.6 Å². The highest BCUT2D eigenvalue weighted by Gasteiger charge is 2.46. The molecule has 2 N–H and O–H groups in total. The largest absolute Gasteiger partial charge is 0.505 e. The van der Waals surface area contributed by atoms with E-state index in [1.165, 1.54) is 0 Å². The van der Waals surface area contributed by atoms with Gasteiger partial charge in [-0.2, -0.15) is 17.6 Å². The standard InChI is InChI=1S/C12H13F5N2O/c13-8-2-1-7(10(20)9(8)14)11(12(15,16)17)19-5-3-18-4-6-19/h1-2,11,18,20H,3-6H2/t11-/m0/s1. The van der Waals surface area contributed by atoms with Gasteiger partial charge in [-0.25, -0.2) is 4.39 Å². The maximum absolute atomic E-state index is 13.3. The molecule has 0 unspecified atom stereocenters. The van der Waals surface area contributed by atoms with Gasteiger partial charge in [0.05, 0.1) is 0 Å². The Morgan fingerprint density at radius 1 is 1.15 bits per heavy atom. The number of phenolic OH excluding ortho intramolecular Hbond substituents is 1. The molecule has 1 saturated heterocycles. The lowest BCUT2D eigenvalue weighted by molar-refractivity contribution is -0.188. The third-order valence-corrected chi connectivity index (χ3v) is 3.22. The number of hydrogen-bond acceptors (Lipinski definition) is 3. The summed E-state index contributed by atoms with van der Waals surface area (Å²) in [6, 6.07) is -0.793. The highest BCUT2D eigenvalue weighted by Crippen LogP contribution is 2.42.